The molecule has 2 aliphatic carbocycles. The van der Waals surface area contributed by atoms with Crippen LogP contribution in [-0.4, -0.2) is 46.1 Å². The van der Waals surface area contributed by atoms with Gasteiger partial charge in [0.1, 0.15) is 23.6 Å². The normalized spacial score (nSPS) is 24.6. The number of ketones is 1. The van der Waals surface area contributed by atoms with Crippen molar-refractivity contribution in [3.8, 4) is 6.07 Å². The smallest absolute Gasteiger partial charge is 0.271 e. The molecule has 2 saturated carbocycles. The number of hydrogen-bond donors (Lipinski definition) is 2. The molecule has 5 rings (SSSR count). The average molecular weight is 509 g/mol. The number of benzene rings is 1. The summed E-state index contributed by atoms with van der Waals surface area (Å²) in [5.74, 6) is -0.506. The summed E-state index contributed by atoms with van der Waals surface area (Å²) in [7, 11) is 0. The van der Waals surface area contributed by atoms with Gasteiger partial charge in [-0.05, 0) is 62.1 Å². The zero-order valence-corrected chi connectivity index (χ0v) is 21.3. The van der Waals surface area contributed by atoms with Crippen molar-refractivity contribution in [1.29, 1.82) is 5.26 Å². The van der Waals surface area contributed by atoms with Crippen LogP contribution < -0.4 is 5.32 Å². The van der Waals surface area contributed by atoms with Crippen LogP contribution in [0.15, 0.2) is 24.3 Å². The topological polar surface area (TPSA) is 106 Å². The second-order valence-electron chi connectivity index (χ2n) is 10.9. The maximum atomic E-state index is 13.7. The predicted octanol–water partition coefficient (Wildman–Crippen LogP) is 5.14. The van der Waals surface area contributed by atoms with Crippen LogP contribution in [0.2, 0.25) is 5.02 Å². The number of Topliss-reactive ketones (excluding diaryl/α,β-unsaturated/α-hetero) is 1. The van der Waals surface area contributed by atoms with Gasteiger partial charge in [-0.3, -0.25) is 14.4 Å². The zero-order valence-electron chi connectivity index (χ0n) is 20.5. The fourth-order valence-corrected chi connectivity index (χ4v) is 6.79. The molecule has 1 spiro atoms. The summed E-state index contributed by atoms with van der Waals surface area (Å²) in [5.41, 5.74) is 1.12. The van der Waals surface area contributed by atoms with E-state index >= 15 is 0 Å². The van der Waals surface area contributed by atoms with E-state index in [9.17, 15) is 19.6 Å². The van der Waals surface area contributed by atoms with Gasteiger partial charge >= 0.3 is 0 Å². The Bertz CT molecular complexity index is 1210. The van der Waals surface area contributed by atoms with Gasteiger partial charge in [-0.25, -0.2) is 0 Å². The third kappa shape index (κ3) is 4.88. The molecule has 190 valence electrons. The third-order valence-electron chi connectivity index (χ3n) is 8.50. The summed E-state index contributed by atoms with van der Waals surface area (Å²) >= 11 is 6.33. The van der Waals surface area contributed by atoms with Crippen molar-refractivity contribution >= 4 is 40.1 Å². The minimum atomic E-state index is -0.740. The summed E-state index contributed by atoms with van der Waals surface area (Å²) < 4.78 is 0. The van der Waals surface area contributed by atoms with Crippen molar-refractivity contribution in [2.24, 2.45) is 11.3 Å². The lowest BCUT2D eigenvalue weighted by Crippen LogP contribution is -2.49. The van der Waals surface area contributed by atoms with Crippen molar-refractivity contribution in [1.82, 2.24) is 15.2 Å². The molecule has 2 heterocycles. The zero-order chi connectivity index (χ0) is 25.3. The number of hydrogen-bond acceptors (Lipinski definition) is 4. The fraction of sp³-hybridized carbons (Fsp3) is 0.571. The first-order valence-corrected chi connectivity index (χ1v) is 13.6. The average Bonchev–Trinajstić information content (AvgIpc) is 3.48. The highest BCUT2D eigenvalue weighted by Gasteiger charge is 2.49. The van der Waals surface area contributed by atoms with Gasteiger partial charge in [0.15, 0.2) is 0 Å². The molecular formula is C28H33ClN4O3. The Kier molecular flexibility index (Phi) is 7.07. The van der Waals surface area contributed by atoms with Gasteiger partial charge in [0, 0.05) is 34.8 Å². The quantitative estimate of drug-likeness (QED) is 0.582. The first-order valence-electron chi connectivity index (χ1n) is 13.2. The number of halogens is 1. The molecule has 3 fully saturated rings. The van der Waals surface area contributed by atoms with Crippen molar-refractivity contribution in [3.63, 3.8) is 0 Å². The number of fused-ring (bicyclic) bond motifs is 1. The number of carbonyl (C=O) groups excluding carboxylic acids is 3. The van der Waals surface area contributed by atoms with Gasteiger partial charge < -0.3 is 15.2 Å². The van der Waals surface area contributed by atoms with Gasteiger partial charge in [0.2, 0.25) is 5.91 Å². The van der Waals surface area contributed by atoms with Crippen molar-refractivity contribution < 1.29 is 14.4 Å². The van der Waals surface area contributed by atoms with Crippen molar-refractivity contribution in [3.05, 3.63) is 35.0 Å². The lowest BCUT2D eigenvalue weighted by Gasteiger charge is -2.32. The maximum Gasteiger partial charge on any atom is 0.271 e. The number of likely N-dealkylation sites (tertiary alicyclic amines) is 1. The van der Waals surface area contributed by atoms with Crippen LogP contribution >= 0.6 is 11.6 Å². The first kappa shape index (κ1) is 24.8. The maximum absolute atomic E-state index is 13.7. The molecule has 0 radical (unpaired) electrons. The Morgan fingerprint density at radius 2 is 2.03 bits per heavy atom. The number of nitrogens with zero attached hydrogens (tertiary/aromatic N) is 2. The van der Waals surface area contributed by atoms with Crippen molar-refractivity contribution in [2.75, 3.05) is 6.54 Å². The molecule has 36 heavy (non-hydrogen) atoms. The first-order chi connectivity index (χ1) is 17.4. The Labute approximate surface area is 216 Å². The number of nitrogens with one attached hydrogen (secondary N) is 2. The molecule has 3 aliphatic rings. The van der Waals surface area contributed by atoms with E-state index in [2.05, 4.69) is 16.4 Å². The Morgan fingerprint density at radius 1 is 1.22 bits per heavy atom. The molecule has 1 aliphatic heterocycles. The van der Waals surface area contributed by atoms with Gasteiger partial charge in [-0.2, -0.15) is 5.26 Å². The van der Waals surface area contributed by atoms with E-state index in [0.29, 0.717) is 36.5 Å². The second-order valence-corrected chi connectivity index (χ2v) is 11.3. The van der Waals surface area contributed by atoms with E-state index in [0.717, 1.165) is 55.8 Å². The highest BCUT2D eigenvalue weighted by Crippen LogP contribution is 2.47. The summed E-state index contributed by atoms with van der Waals surface area (Å²) in [6.07, 6.45) is 9.52. The molecule has 1 unspecified atom stereocenters. The Balaban J connectivity index is 1.37. The second kappa shape index (κ2) is 10.3. The van der Waals surface area contributed by atoms with Gasteiger partial charge in [0.25, 0.3) is 5.91 Å². The Hall–Kier alpha value is -2.85. The number of nitriles is 1. The number of aromatic amines is 1. The van der Waals surface area contributed by atoms with Crippen LogP contribution in [0, 0.1) is 22.7 Å². The number of amides is 2. The van der Waals surface area contributed by atoms with Crippen LogP contribution in [0.4, 0.5) is 0 Å². The van der Waals surface area contributed by atoms with Crippen molar-refractivity contribution in [2.45, 2.75) is 82.7 Å². The van der Waals surface area contributed by atoms with E-state index in [1.54, 1.807) is 17.0 Å². The molecule has 2 N–H and O–H groups in total. The van der Waals surface area contributed by atoms with Crippen LogP contribution in [0.1, 0.15) is 81.1 Å². The molecule has 2 aromatic rings. The molecule has 1 aromatic carbocycles. The molecule has 2 amide bonds. The van der Waals surface area contributed by atoms with E-state index < -0.39 is 12.1 Å². The van der Waals surface area contributed by atoms with E-state index in [4.69, 9.17) is 11.6 Å². The highest BCUT2D eigenvalue weighted by atomic mass is 35.5. The Morgan fingerprint density at radius 3 is 2.75 bits per heavy atom. The van der Waals surface area contributed by atoms with E-state index in [1.165, 1.54) is 6.42 Å². The minimum Gasteiger partial charge on any atom is -0.350 e. The molecule has 0 bridgehead atoms. The monoisotopic (exact) mass is 508 g/mol. The highest BCUT2D eigenvalue weighted by molar-refractivity contribution is 6.35. The summed E-state index contributed by atoms with van der Waals surface area (Å²) in [6, 6.07) is 8.05. The van der Waals surface area contributed by atoms with Gasteiger partial charge in [-0.15, -0.1) is 0 Å². The van der Waals surface area contributed by atoms with E-state index in [-0.39, 0.29) is 28.9 Å². The molecule has 3 atom stereocenters. The molecular weight excluding hydrogens is 476 g/mol. The molecule has 1 saturated heterocycles. The SMILES string of the molecule is N#C[C@H](C[C@@H]1CCCCC1=O)NC(=O)C1CC2(CCCCC2)CN1C(=O)c1cc2c(Cl)cccc2[nH]1. The molecule has 1 aromatic heterocycles. The number of rotatable bonds is 5. The van der Waals surface area contributed by atoms with E-state index in [1.807, 2.05) is 12.1 Å². The summed E-state index contributed by atoms with van der Waals surface area (Å²) in [4.78, 5) is 44.5. The summed E-state index contributed by atoms with van der Waals surface area (Å²) in [6.45, 7) is 0.533. The predicted molar refractivity (Wildman–Crippen MR) is 137 cm³/mol. The number of H-pyrrole nitrogens is 1. The standard InChI is InChI=1S/C28H33ClN4O3/c29-21-8-6-9-22-20(21)14-23(32-22)27(36)33-17-28(11-4-1-5-12-28)15-24(33)26(35)31-19(16-30)13-18-7-2-3-10-25(18)34/h6,8-9,14,18-19,24,32H,1-5,7,10-13,15,17H2,(H,31,35)/t18-,19-,24?/m0/s1. The van der Waals surface area contributed by atoms with Crippen LogP contribution in [0.5, 0.6) is 0 Å². The lowest BCUT2D eigenvalue weighted by molar-refractivity contribution is -0.127. The number of aromatic nitrogens is 1. The van der Waals surface area contributed by atoms with Gasteiger partial charge in [0.05, 0.1) is 6.07 Å². The lowest BCUT2D eigenvalue weighted by atomic mass is 9.72. The van der Waals surface area contributed by atoms with Gasteiger partial charge in [-0.1, -0.05) is 43.4 Å². The molecule has 8 heteroatoms. The number of carbonyl (C=O) groups is 3. The fourth-order valence-electron chi connectivity index (χ4n) is 6.56. The van der Waals surface area contributed by atoms with Crippen LogP contribution in [0.3, 0.4) is 0 Å². The molecule has 7 nitrogen and oxygen atoms in total. The largest absolute Gasteiger partial charge is 0.350 e. The third-order valence-corrected chi connectivity index (χ3v) is 8.83. The minimum absolute atomic E-state index is 0.0684. The summed E-state index contributed by atoms with van der Waals surface area (Å²) in [5, 5.41) is 14.0. The van der Waals surface area contributed by atoms with Crippen LogP contribution in [0.25, 0.3) is 10.9 Å². The van der Waals surface area contributed by atoms with Crippen LogP contribution in [-0.2, 0) is 9.59 Å².